The molecule has 0 saturated heterocycles. The number of hydrogen-bond donors (Lipinski definition) is 1. The fourth-order valence-corrected chi connectivity index (χ4v) is 2.55. The molecule has 0 unspecified atom stereocenters. The molecular weight excluding hydrogens is 332 g/mol. The summed E-state index contributed by atoms with van der Waals surface area (Å²) in [5.41, 5.74) is 8.73. The predicted octanol–water partition coefficient (Wildman–Crippen LogP) is 3.09. The van der Waals surface area contributed by atoms with Crippen molar-refractivity contribution in [1.29, 1.82) is 0 Å². The van der Waals surface area contributed by atoms with Crippen molar-refractivity contribution in [2.45, 2.75) is 26.8 Å². The highest BCUT2D eigenvalue weighted by atomic mass is 79.9. The summed E-state index contributed by atoms with van der Waals surface area (Å²) in [5.74, 6) is -0.113. The van der Waals surface area contributed by atoms with Crippen LogP contribution in [0.25, 0.3) is 0 Å². The molecule has 0 aliphatic carbocycles. The molecule has 0 fully saturated rings. The fourth-order valence-electron chi connectivity index (χ4n) is 2.17. The Hall–Kier alpha value is -1.82. The van der Waals surface area contributed by atoms with Gasteiger partial charge in [-0.2, -0.15) is 5.10 Å². The zero-order chi connectivity index (χ0) is 15.6. The molecule has 1 heterocycles. The summed E-state index contributed by atoms with van der Waals surface area (Å²) in [6.45, 7) is 4.65. The summed E-state index contributed by atoms with van der Waals surface area (Å²) >= 11 is 3.37. The zero-order valence-corrected chi connectivity index (χ0v) is 14.0. The quantitative estimate of drug-likeness (QED) is 0.861. The van der Waals surface area contributed by atoms with E-state index in [9.17, 15) is 4.79 Å². The van der Waals surface area contributed by atoms with E-state index in [2.05, 4.69) is 21.0 Å². The van der Waals surface area contributed by atoms with Crippen LogP contribution < -0.4 is 10.6 Å². The number of carbonyl (C=O) groups is 1. The van der Waals surface area contributed by atoms with Gasteiger partial charge >= 0.3 is 0 Å². The van der Waals surface area contributed by atoms with Crippen LogP contribution in [0, 0.1) is 0 Å². The van der Waals surface area contributed by atoms with Crippen LogP contribution in [0.3, 0.4) is 0 Å². The van der Waals surface area contributed by atoms with Crippen LogP contribution in [-0.2, 0) is 13.0 Å². The van der Waals surface area contributed by atoms with Gasteiger partial charge in [-0.1, -0.05) is 22.9 Å². The van der Waals surface area contributed by atoms with Gasteiger partial charge in [0, 0.05) is 18.1 Å². The van der Waals surface area contributed by atoms with Crippen LogP contribution in [0.1, 0.15) is 30.0 Å². The van der Waals surface area contributed by atoms with Gasteiger partial charge in [0.2, 0.25) is 0 Å². The van der Waals surface area contributed by atoms with E-state index in [0.717, 1.165) is 16.6 Å². The van der Waals surface area contributed by atoms with Gasteiger partial charge in [0.1, 0.15) is 5.69 Å². The van der Waals surface area contributed by atoms with E-state index in [1.165, 1.54) is 0 Å². The Morgan fingerprint density at radius 1 is 1.38 bits per heavy atom. The van der Waals surface area contributed by atoms with E-state index in [0.29, 0.717) is 23.6 Å². The minimum absolute atomic E-state index is 0.113. The number of amides is 1. The maximum absolute atomic E-state index is 12.7. The van der Waals surface area contributed by atoms with Gasteiger partial charge in [0.25, 0.3) is 5.91 Å². The Bertz CT molecular complexity index is 666. The van der Waals surface area contributed by atoms with Crippen molar-refractivity contribution in [2.24, 2.45) is 0 Å². The molecule has 21 heavy (non-hydrogen) atoms. The van der Waals surface area contributed by atoms with E-state index < -0.39 is 0 Å². The second kappa shape index (κ2) is 6.30. The van der Waals surface area contributed by atoms with Crippen LogP contribution in [-0.4, -0.2) is 22.7 Å². The number of carbonyl (C=O) groups excluding carboxylic acids is 1. The molecule has 1 aromatic heterocycles. The standard InChI is InChI=1S/C15H19BrN4O/c1-4-11-9-14(20(5-2)18-11)15(21)19(3)13-7-6-10(16)8-12(13)17/h6-9H,4-5,17H2,1-3H3. The lowest BCUT2D eigenvalue weighted by molar-refractivity contribution is 0.0983. The first kappa shape index (κ1) is 15.6. The minimum atomic E-state index is -0.113. The first-order valence-electron chi connectivity index (χ1n) is 6.87. The maximum Gasteiger partial charge on any atom is 0.276 e. The predicted molar refractivity (Wildman–Crippen MR) is 88.6 cm³/mol. The van der Waals surface area contributed by atoms with E-state index in [-0.39, 0.29) is 5.91 Å². The van der Waals surface area contributed by atoms with Gasteiger partial charge < -0.3 is 10.6 Å². The Morgan fingerprint density at radius 3 is 2.67 bits per heavy atom. The molecule has 0 spiro atoms. The Morgan fingerprint density at radius 2 is 2.10 bits per heavy atom. The number of anilines is 2. The van der Waals surface area contributed by atoms with Gasteiger partial charge in [-0.05, 0) is 37.6 Å². The minimum Gasteiger partial charge on any atom is -0.397 e. The highest BCUT2D eigenvalue weighted by molar-refractivity contribution is 9.10. The second-order valence-electron chi connectivity index (χ2n) is 4.76. The summed E-state index contributed by atoms with van der Waals surface area (Å²) in [6, 6.07) is 7.32. The molecule has 2 aromatic rings. The molecule has 0 atom stereocenters. The molecule has 0 bridgehead atoms. The molecule has 0 aliphatic heterocycles. The number of hydrogen-bond acceptors (Lipinski definition) is 3. The van der Waals surface area contributed by atoms with Gasteiger partial charge in [-0.3, -0.25) is 9.48 Å². The fraction of sp³-hybridized carbons (Fsp3) is 0.333. The molecule has 6 heteroatoms. The van der Waals surface area contributed by atoms with E-state index in [1.807, 2.05) is 32.0 Å². The molecule has 2 rings (SSSR count). The van der Waals surface area contributed by atoms with Crippen molar-refractivity contribution in [1.82, 2.24) is 9.78 Å². The molecular formula is C15H19BrN4O. The number of nitrogen functional groups attached to an aromatic ring is 1. The number of halogens is 1. The van der Waals surface area contributed by atoms with Crippen LogP contribution >= 0.6 is 15.9 Å². The van der Waals surface area contributed by atoms with Crippen molar-refractivity contribution < 1.29 is 4.79 Å². The van der Waals surface area contributed by atoms with E-state index in [4.69, 9.17) is 5.73 Å². The Balaban J connectivity index is 2.36. The van der Waals surface area contributed by atoms with Gasteiger partial charge in [0.05, 0.1) is 17.1 Å². The van der Waals surface area contributed by atoms with Crippen LogP contribution in [0.15, 0.2) is 28.7 Å². The first-order valence-corrected chi connectivity index (χ1v) is 7.67. The SMILES string of the molecule is CCc1cc(C(=O)N(C)c2ccc(Br)cc2N)n(CC)n1. The number of benzene rings is 1. The molecule has 0 saturated carbocycles. The third-order valence-corrected chi connectivity index (χ3v) is 3.86. The number of rotatable bonds is 4. The highest BCUT2D eigenvalue weighted by Crippen LogP contribution is 2.27. The zero-order valence-electron chi connectivity index (χ0n) is 12.4. The monoisotopic (exact) mass is 350 g/mol. The average Bonchev–Trinajstić information content (AvgIpc) is 2.89. The topological polar surface area (TPSA) is 64.2 Å². The summed E-state index contributed by atoms with van der Waals surface area (Å²) in [5, 5.41) is 4.41. The number of nitrogens with zero attached hydrogens (tertiary/aromatic N) is 3. The lowest BCUT2D eigenvalue weighted by atomic mass is 10.2. The molecule has 112 valence electrons. The smallest absolute Gasteiger partial charge is 0.276 e. The van der Waals surface area contributed by atoms with Crippen molar-refractivity contribution in [3.8, 4) is 0 Å². The summed E-state index contributed by atoms with van der Waals surface area (Å²) in [6.07, 6.45) is 0.803. The average molecular weight is 351 g/mol. The third kappa shape index (κ3) is 3.10. The van der Waals surface area contributed by atoms with E-state index >= 15 is 0 Å². The van der Waals surface area contributed by atoms with Crippen molar-refractivity contribution in [3.63, 3.8) is 0 Å². The summed E-state index contributed by atoms with van der Waals surface area (Å²) < 4.78 is 2.61. The van der Waals surface area contributed by atoms with Gasteiger partial charge in [0.15, 0.2) is 0 Å². The summed E-state index contributed by atoms with van der Waals surface area (Å²) in [7, 11) is 1.72. The number of nitrogens with two attached hydrogens (primary N) is 1. The Labute approximate surface area is 132 Å². The molecule has 1 amide bonds. The maximum atomic E-state index is 12.7. The van der Waals surface area contributed by atoms with E-state index in [1.54, 1.807) is 22.7 Å². The molecule has 0 aliphatic rings. The van der Waals surface area contributed by atoms with Crippen molar-refractivity contribution in [3.05, 3.63) is 40.1 Å². The highest BCUT2D eigenvalue weighted by Gasteiger charge is 2.20. The van der Waals surface area contributed by atoms with Crippen molar-refractivity contribution in [2.75, 3.05) is 17.7 Å². The molecule has 1 aromatic carbocycles. The lowest BCUT2D eigenvalue weighted by Crippen LogP contribution is -2.29. The number of aryl methyl sites for hydroxylation is 2. The largest absolute Gasteiger partial charge is 0.397 e. The van der Waals surface area contributed by atoms with Crippen molar-refractivity contribution >= 4 is 33.2 Å². The third-order valence-electron chi connectivity index (χ3n) is 3.37. The molecule has 0 radical (unpaired) electrons. The number of aromatic nitrogens is 2. The lowest BCUT2D eigenvalue weighted by Gasteiger charge is -2.19. The van der Waals surface area contributed by atoms with Crippen LogP contribution in [0.5, 0.6) is 0 Å². The normalized spacial score (nSPS) is 10.7. The second-order valence-corrected chi connectivity index (χ2v) is 5.67. The van der Waals surface area contributed by atoms with Crippen LogP contribution in [0.2, 0.25) is 0 Å². The molecule has 5 nitrogen and oxygen atoms in total. The first-order chi connectivity index (χ1) is 9.97. The van der Waals surface area contributed by atoms with Gasteiger partial charge in [-0.15, -0.1) is 0 Å². The van der Waals surface area contributed by atoms with Crippen LogP contribution in [0.4, 0.5) is 11.4 Å². The molecule has 2 N–H and O–H groups in total. The Kier molecular flexibility index (Phi) is 4.67. The van der Waals surface area contributed by atoms with Gasteiger partial charge in [-0.25, -0.2) is 0 Å². The summed E-state index contributed by atoms with van der Waals surface area (Å²) in [4.78, 5) is 14.2.